The summed E-state index contributed by atoms with van der Waals surface area (Å²) in [6, 6.07) is 13.9. The van der Waals surface area contributed by atoms with Crippen LogP contribution in [-0.4, -0.2) is 23.6 Å². The number of amides is 1. The Labute approximate surface area is 145 Å². The van der Waals surface area contributed by atoms with Crippen LogP contribution in [0.3, 0.4) is 0 Å². The third kappa shape index (κ3) is 6.26. The molecule has 0 spiro atoms. The number of hydrazone groups is 1. The van der Waals surface area contributed by atoms with E-state index < -0.39 is 4.92 Å². The second kappa shape index (κ2) is 8.97. The summed E-state index contributed by atoms with van der Waals surface area (Å²) in [5.74, 6) is -0.277. The first-order valence-corrected chi connectivity index (χ1v) is 7.58. The fraction of sp³-hybridized carbons (Fsp3) is 0.111. The van der Waals surface area contributed by atoms with Crippen LogP contribution in [0.4, 0.5) is 11.4 Å². The lowest BCUT2D eigenvalue weighted by atomic mass is 10.2. The van der Waals surface area contributed by atoms with Crippen molar-refractivity contribution in [3.05, 3.63) is 75.8 Å². The third-order valence-corrected chi connectivity index (χ3v) is 3.22. The number of carbonyl (C=O) groups excluding carboxylic acids is 1. The molecule has 0 radical (unpaired) electrons. The molecule has 2 aromatic rings. The number of rotatable bonds is 7. The maximum atomic E-state index is 11.6. The van der Waals surface area contributed by atoms with Crippen LogP contribution in [-0.2, 0) is 4.79 Å². The summed E-state index contributed by atoms with van der Waals surface area (Å²) in [4.78, 5) is 21.9. The fourth-order valence-electron chi connectivity index (χ4n) is 1.94. The zero-order valence-electron chi connectivity index (χ0n) is 13.7. The maximum Gasteiger partial charge on any atom is 0.270 e. The van der Waals surface area contributed by atoms with Crippen molar-refractivity contribution in [2.24, 2.45) is 5.10 Å². The minimum absolute atomic E-state index is 0.0228. The second-order valence-corrected chi connectivity index (χ2v) is 5.24. The van der Waals surface area contributed by atoms with Gasteiger partial charge in [-0.05, 0) is 30.7 Å². The van der Waals surface area contributed by atoms with Gasteiger partial charge in [-0.3, -0.25) is 14.9 Å². The molecule has 2 rings (SSSR count). The van der Waals surface area contributed by atoms with E-state index in [0.717, 1.165) is 11.3 Å². The molecule has 128 valence electrons. The van der Waals surface area contributed by atoms with Crippen molar-refractivity contribution in [2.45, 2.75) is 6.92 Å². The average Bonchev–Trinajstić information content (AvgIpc) is 2.61. The molecule has 0 fully saturated rings. The zero-order chi connectivity index (χ0) is 18.1. The minimum Gasteiger partial charge on any atom is -0.376 e. The molecule has 25 heavy (non-hydrogen) atoms. The summed E-state index contributed by atoms with van der Waals surface area (Å²) in [7, 11) is 0. The molecule has 7 nitrogen and oxygen atoms in total. The highest BCUT2D eigenvalue weighted by atomic mass is 16.6. The smallest absolute Gasteiger partial charge is 0.270 e. The maximum absolute atomic E-state index is 11.6. The number of nitrogens with one attached hydrogen (secondary N) is 2. The molecule has 2 N–H and O–H groups in total. The average molecular weight is 338 g/mol. The fourth-order valence-corrected chi connectivity index (χ4v) is 1.94. The molecule has 2 aromatic carbocycles. The van der Waals surface area contributed by atoms with Gasteiger partial charge in [-0.1, -0.05) is 35.9 Å². The lowest BCUT2D eigenvalue weighted by Gasteiger charge is -2.05. The molecule has 7 heteroatoms. The van der Waals surface area contributed by atoms with Crippen LogP contribution in [0, 0.1) is 17.0 Å². The molecule has 0 atom stereocenters. The molecule has 0 aromatic heterocycles. The van der Waals surface area contributed by atoms with Crippen molar-refractivity contribution >= 4 is 29.6 Å². The van der Waals surface area contributed by atoms with Gasteiger partial charge in [-0.15, -0.1) is 0 Å². The van der Waals surface area contributed by atoms with Crippen molar-refractivity contribution in [1.82, 2.24) is 5.43 Å². The summed E-state index contributed by atoms with van der Waals surface area (Å²) in [5, 5.41) is 17.5. The number of nitro benzene ring substituents is 1. The molecule has 1 amide bonds. The van der Waals surface area contributed by atoms with Crippen LogP contribution in [0.15, 0.2) is 59.7 Å². The van der Waals surface area contributed by atoms with Gasteiger partial charge in [0.2, 0.25) is 0 Å². The van der Waals surface area contributed by atoms with Gasteiger partial charge >= 0.3 is 0 Å². The van der Waals surface area contributed by atoms with Crippen molar-refractivity contribution in [3.63, 3.8) is 0 Å². The standard InChI is InChI=1S/C18H18N4O3/c1-14-7-9-16(10-8-14)19-13-18(23)21-20-11-3-5-15-4-2-6-17(12-15)22(24)25/h2-12,19H,13H2,1H3,(H,21,23)/b5-3+,20-11-. The van der Waals surface area contributed by atoms with Crippen molar-refractivity contribution in [3.8, 4) is 0 Å². The first kappa shape index (κ1) is 17.9. The summed E-state index contributed by atoms with van der Waals surface area (Å²) >= 11 is 0. The van der Waals surface area contributed by atoms with E-state index in [-0.39, 0.29) is 18.1 Å². The summed E-state index contributed by atoms with van der Waals surface area (Å²) in [5.41, 5.74) is 5.09. The summed E-state index contributed by atoms with van der Waals surface area (Å²) in [6.45, 7) is 2.10. The Kier molecular flexibility index (Phi) is 6.41. The predicted molar refractivity (Wildman–Crippen MR) is 98.4 cm³/mol. The van der Waals surface area contributed by atoms with Gasteiger partial charge in [0.05, 0.1) is 11.5 Å². The van der Waals surface area contributed by atoms with E-state index in [1.807, 2.05) is 31.2 Å². The number of allylic oxidation sites excluding steroid dienone is 1. The highest BCUT2D eigenvalue weighted by molar-refractivity contribution is 5.83. The summed E-state index contributed by atoms with van der Waals surface area (Å²) in [6.07, 6.45) is 4.66. The molecule has 0 aliphatic rings. The Hall–Kier alpha value is -3.48. The van der Waals surface area contributed by atoms with Gasteiger partial charge in [0, 0.05) is 24.0 Å². The number of hydrogen-bond donors (Lipinski definition) is 2. The number of hydrogen-bond acceptors (Lipinski definition) is 5. The third-order valence-electron chi connectivity index (χ3n) is 3.22. The largest absolute Gasteiger partial charge is 0.376 e. The van der Waals surface area contributed by atoms with E-state index in [1.165, 1.54) is 18.3 Å². The van der Waals surface area contributed by atoms with Gasteiger partial charge in [0.15, 0.2) is 0 Å². The lowest BCUT2D eigenvalue weighted by molar-refractivity contribution is -0.384. The van der Waals surface area contributed by atoms with E-state index in [1.54, 1.807) is 24.3 Å². The van der Waals surface area contributed by atoms with Crippen LogP contribution in [0.2, 0.25) is 0 Å². The first-order valence-electron chi connectivity index (χ1n) is 7.58. The number of benzene rings is 2. The minimum atomic E-state index is -0.452. The number of non-ortho nitro benzene ring substituents is 1. The molecular formula is C18H18N4O3. The number of anilines is 1. The van der Waals surface area contributed by atoms with Crippen LogP contribution in [0.1, 0.15) is 11.1 Å². The molecule has 0 unspecified atom stereocenters. The Morgan fingerprint density at radius 1 is 1.24 bits per heavy atom. The molecular weight excluding hydrogens is 320 g/mol. The Bertz CT molecular complexity index is 798. The molecule has 0 saturated carbocycles. The molecule has 0 bridgehead atoms. The van der Waals surface area contributed by atoms with E-state index in [4.69, 9.17) is 0 Å². The van der Waals surface area contributed by atoms with E-state index >= 15 is 0 Å². The molecule has 0 aliphatic heterocycles. The van der Waals surface area contributed by atoms with E-state index in [2.05, 4.69) is 15.8 Å². The van der Waals surface area contributed by atoms with Gasteiger partial charge in [-0.25, -0.2) is 5.43 Å². The monoisotopic (exact) mass is 338 g/mol. The van der Waals surface area contributed by atoms with Gasteiger partial charge < -0.3 is 5.32 Å². The van der Waals surface area contributed by atoms with Crippen LogP contribution in [0.25, 0.3) is 6.08 Å². The van der Waals surface area contributed by atoms with Crippen LogP contribution in [0.5, 0.6) is 0 Å². The van der Waals surface area contributed by atoms with Gasteiger partial charge in [0.1, 0.15) is 0 Å². The lowest BCUT2D eigenvalue weighted by Crippen LogP contribution is -2.25. The predicted octanol–water partition coefficient (Wildman–Crippen LogP) is 3.13. The normalized spacial score (nSPS) is 10.9. The highest BCUT2D eigenvalue weighted by Crippen LogP contribution is 2.13. The molecule has 0 saturated heterocycles. The molecule has 0 heterocycles. The Balaban J connectivity index is 1.76. The Morgan fingerprint density at radius 3 is 2.72 bits per heavy atom. The van der Waals surface area contributed by atoms with Crippen molar-refractivity contribution < 1.29 is 9.72 Å². The van der Waals surface area contributed by atoms with E-state index in [0.29, 0.717) is 5.56 Å². The SMILES string of the molecule is Cc1ccc(NCC(=O)N/N=C\C=C\c2cccc([N+](=O)[O-])c2)cc1. The zero-order valence-corrected chi connectivity index (χ0v) is 13.7. The summed E-state index contributed by atoms with van der Waals surface area (Å²) < 4.78 is 0. The van der Waals surface area contributed by atoms with Crippen molar-refractivity contribution in [2.75, 3.05) is 11.9 Å². The van der Waals surface area contributed by atoms with Crippen LogP contribution >= 0.6 is 0 Å². The van der Waals surface area contributed by atoms with Crippen LogP contribution < -0.4 is 10.7 Å². The first-order chi connectivity index (χ1) is 12.0. The highest BCUT2D eigenvalue weighted by Gasteiger charge is 2.03. The van der Waals surface area contributed by atoms with Gasteiger partial charge in [-0.2, -0.15) is 5.10 Å². The van der Waals surface area contributed by atoms with Crippen molar-refractivity contribution in [1.29, 1.82) is 0 Å². The quantitative estimate of drug-likeness (QED) is 0.460. The second-order valence-electron chi connectivity index (χ2n) is 5.24. The Morgan fingerprint density at radius 2 is 2.00 bits per heavy atom. The molecule has 0 aliphatic carbocycles. The van der Waals surface area contributed by atoms with E-state index in [9.17, 15) is 14.9 Å². The number of nitro groups is 1. The number of aryl methyl sites for hydroxylation is 1. The van der Waals surface area contributed by atoms with Gasteiger partial charge in [0.25, 0.3) is 11.6 Å². The number of nitrogens with zero attached hydrogens (tertiary/aromatic N) is 2. The number of carbonyl (C=O) groups is 1. The topological polar surface area (TPSA) is 96.6 Å².